The lowest BCUT2D eigenvalue weighted by molar-refractivity contribution is -0.127. The van der Waals surface area contributed by atoms with E-state index in [0.29, 0.717) is 12.2 Å². The lowest BCUT2D eigenvalue weighted by atomic mass is 10.2. The minimum Gasteiger partial charge on any atom is -0.397 e. The number of likely N-dealkylation sites (N-methyl/N-ethyl adjacent to an activating group) is 1. The fraction of sp³-hybridized carbons (Fsp3) is 0.467. The summed E-state index contributed by atoms with van der Waals surface area (Å²) in [6.07, 6.45) is 0.953. The molecule has 0 bridgehead atoms. The Morgan fingerprint density at radius 3 is 2.71 bits per heavy atom. The number of aryl methyl sites for hydroxylation is 1. The lowest BCUT2D eigenvalue weighted by Crippen LogP contribution is -2.37. The summed E-state index contributed by atoms with van der Waals surface area (Å²) in [5, 5.41) is 1.02. The number of nitrogens with zero attached hydrogens (tertiary/aromatic N) is 3. The van der Waals surface area contributed by atoms with Crippen LogP contribution in [0.3, 0.4) is 0 Å². The molecule has 0 saturated carbocycles. The van der Waals surface area contributed by atoms with Gasteiger partial charge in [0.25, 0.3) is 0 Å². The van der Waals surface area contributed by atoms with Crippen LogP contribution >= 0.6 is 11.3 Å². The Kier molecular flexibility index (Phi) is 4.67. The SMILES string of the molecule is CCCN(CC(=O)N(C)C)c1cc2nc(C)sc2cc1N. The topological polar surface area (TPSA) is 62.5 Å². The van der Waals surface area contributed by atoms with Gasteiger partial charge in [0.1, 0.15) is 0 Å². The molecule has 5 nitrogen and oxygen atoms in total. The van der Waals surface area contributed by atoms with Gasteiger partial charge in [0.2, 0.25) is 5.91 Å². The number of amides is 1. The highest BCUT2D eigenvalue weighted by Crippen LogP contribution is 2.32. The van der Waals surface area contributed by atoms with Gasteiger partial charge in [0.05, 0.1) is 33.1 Å². The van der Waals surface area contributed by atoms with Crippen molar-refractivity contribution < 1.29 is 4.79 Å². The number of fused-ring (bicyclic) bond motifs is 1. The largest absolute Gasteiger partial charge is 0.397 e. The van der Waals surface area contributed by atoms with Crippen LogP contribution in [0.25, 0.3) is 10.2 Å². The van der Waals surface area contributed by atoms with Crippen LogP contribution < -0.4 is 10.6 Å². The van der Waals surface area contributed by atoms with E-state index in [0.717, 1.165) is 33.9 Å². The highest BCUT2D eigenvalue weighted by atomic mass is 32.1. The van der Waals surface area contributed by atoms with Crippen molar-refractivity contribution in [2.24, 2.45) is 0 Å². The van der Waals surface area contributed by atoms with Gasteiger partial charge >= 0.3 is 0 Å². The first-order valence-corrected chi connectivity index (χ1v) is 7.85. The van der Waals surface area contributed by atoms with Crippen molar-refractivity contribution in [1.29, 1.82) is 0 Å². The van der Waals surface area contributed by atoms with Crippen LogP contribution in [-0.2, 0) is 4.79 Å². The molecule has 0 spiro atoms. The summed E-state index contributed by atoms with van der Waals surface area (Å²) in [6, 6.07) is 3.95. The molecule has 21 heavy (non-hydrogen) atoms. The summed E-state index contributed by atoms with van der Waals surface area (Å²) in [7, 11) is 3.53. The number of hydrogen-bond donors (Lipinski definition) is 1. The monoisotopic (exact) mass is 306 g/mol. The zero-order chi connectivity index (χ0) is 15.6. The Balaban J connectivity index is 2.38. The first kappa shape index (κ1) is 15.6. The maximum atomic E-state index is 12.0. The third-order valence-electron chi connectivity index (χ3n) is 3.30. The predicted molar refractivity (Wildman–Crippen MR) is 90.0 cm³/mol. The molecule has 114 valence electrons. The second-order valence-electron chi connectivity index (χ2n) is 5.32. The smallest absolute Gasteiger partial charge is 0.241 e. The normalized spacial score (nSPS) is 10.9. The van der Waals surface area contributed by atoms with Crippen LogP contribution in [0.1, 0.15) is 18.4 Å². The van der Waals surface area contributed by atoms with Gasteiger partial charge in [-0.25, -0.2) is 4.98 Å². The highest BCUT2D eigenvalue weighted by molar-refractivity contribution is 7.18. The van der Waals surface area contributed by atoms with Gasteiger partial charge in [-0.05, 0) is 25.5 Å². The first-order valence-electron chi connectivity index (χ1n) is 7.04. The van der Waals surface area contributed by atoms with E-state index in [1.165, 1.54) is 0 Å². The fourth-order valence-corrected chi connectivity index (χ4v) is 3.08. The number of nitrogens with two attached hydrogens (primary N) is 1. The predicted octanol–water partition coefficient (Wildman–Crippen LogP) is 2.49. The zero-order valence-electron chi connectivity index (χ0n) is 13.0. The van der Waals surface area contributed by atoms with E-state index in [1.807, 2.05) is 24.0 Å². The van der Waals surface area contributed by atoms with Gasteiger partial charge < -0.3 is 15.5 Å². The molecule has 0 saturated heterocycles. The van der Waals surface area contributed by atoms with Crippen molar-refractivity contribution in [3.8, 4) is 0 Å². The second-order valence-corrected chi connectivity index (χ2v) is 6.56. The number of rotatable bonds is 5. The van der Waals surface area contributed by atoms with E-state index in [2.05, 4.69) is 11.9 Å². The summed E-state index contributed by atoms with van der Waals surface area (Å²) >= 11 is 1.63. The summed E-state index contributed by atoms with van der Waals surface area (Å²) in [5.74, 6) is 0.0670. The molecule has 0 aliphatic rings. The molecular formula is C15H22N4OS. The first-order chi connectivity index (χ1) is 9.92. The van der Waals surface area contributed by atoms with Crippen molar-refractivity contribution in [2.45, 2.75) is 20.3 Å². The summed E-state index contributed by atoms with van der Waals surface area (Å²) in [6.45, 7) is 5.20. The van der Waals surface area contributed by atoms with E-state index in [1.54, 1.807) is 30.3 Å². The van der Waals surface area contributed by atoms with E-state index < -0.39 is 0 Å². The molecule has 2 N–H and O–H groups in total. The van der Waals surface area contributed by atoms with Crippen LogP contribution in [0.15, 0.2) is 12.1 Å². The summed E-state index contributed by atoms with van der Waals surface area (Å²) < 4.78 is 1.09. The summed E-state index contributed by atoms with van der Waals surface area (Å²) in [4.78, 5) is 20.2. The van der Waals surface area contributed by atoms with Crippen LogP contribution in [0, 0.1) is 6.92 Å². The molecule has 6 heteroatoms. The molecule has 0 aliphatic carbocycles. The number of benzene rings is 1. The van der Waals surface area contributed by atoms with E-state index in [4.69, 9.17) is 5.73 Å². The Morgan fingerprint density at radius 1 is 1.38 bits per heavy atom. The van der Waals surface area contributed by atoms with Crippen LogP contribution in [0.5, 0.6) is 0 Å². The van der Waals surface area contributed by atoms with Gasteiger partial charge in [-0.2, -0.15) is 0 Å². The van der Waals surface area contributed by atoms with Crippen molar-refractivity contribution in [1.82, 2.24) is 9.88 Å². The number of carbonyl (C=O) groups excluding carboxylic acids is 1. The number of aromatic nitrogens is 1. The second kappa shape index (κ2) is 6.30. The van der Waals surface area contributed by atoms with E-state index >= 15 is 0 Å². The third kappa shape index (κ3) is 3.44. The number of carbonyl (C=O) groups is 1. The number of thiazole rings is 1. The molecule has 0 unspecified atom stereocenters. The maximum Gasteiger partial charge on any atom is 0.241 e. The minimum absolute atomic E-state index is 0.0670. The van der Waals surface area contributed by atoms with Gasteiger partial charge in [-0.1, -0.05) is 6.92 Å². The molecule has 1 heterocycles. The van der Waals surface area contributed by atoms with Crippen LogP contribution in [0.2, 0.25) is 0 Å². The molecular weight excluding hydrogens is 284 g/mol. The summed E-state index contributed by atoms with van der Waals surface area (Å²) in [5.41, 5.74) is 8.73. The van der Waals surface area contributed by atoms with Crippen molar-refractivity contribution in [2.75, 3.05) is 37.8 Å². The fourth-order valence-electron chi connectivity index (χ4n) is 2.23. The quantitative estimate of drug-likeness (QED) is 0.862. The number of nitrogen functional groups attached to an aromatic ring is 1. The number of hydrogen-bond acceptors (Lipinski definition) is 5. The molecule has 1 amide bonds. The van der Waals surface area contributed by atoms with Crippen molar-refractivity contribution >= 4 is 38.8 Å². The van der Waals surface area contributed by atoms with Gasteiger partial charge in [0.15, 0.2) is 0 Å². The average Bonchev–Trinajstić information content (AvgIpc) is 2.76. The maximum absolute atomic E-state index is 12.0. The van der Waals surface area contributed by atoms with Crippen molar-refractivity contribution in [3.05, 3.63) is 17.1 Å². The standard InChI is InChI=1S/C15H22N4OS/c1-5-6-19(9-15(20)18(3)4)13-8-12-14(7-11(13)16)21-10(2)17-12/h7-8H,5-6,9,16H2,1-4H3. The van der Waals surface area contributed by atoms with Crippen LogP contribution in [-0.4, -0.2) is 43.0 Å². The lowest BCUT2D eigenvalue weighted by Gasteiger charge is -2.26. The minimum atomic E-state index is 0.0670. The van der Waals surface area contributed by atoms with Gasteiger partial charge in [-0.3, -0.25) is 4.79 Å². The van der Waals surface area contributed by atoms with E-state index in [9.17, 15) is 4.79 Å². The van der Waals surface area contributed by atoms with Gasteiger partial charge in [0, 0.05) is 20.6 Å². The Labute approximate surface area is 129 Å². The molecule has 0 fully saturated rings. The molecule has 1 aromatic heterocycles. The zero-order valence-corrected chi connectivity index (χ0v) is 13.8. The molecule has 0 radical (unpaired) electrons. The molecule has 0 atom stereocenters. The van der Waals surface area contributed by atoms with Crippen molar-refractivity contribution in [3.63, 3.8) is 0 Å². The Bertz CT molecular complexity index is 650. The number of anilines is 2. The molecule has 1 aromatic carbocycles. The Hall–Kier alpha value is -1.82. The van der Waals surface area contributed by atoms with E-state index in [-0.39, 0.29) is 5.91 Å². The molecule has 0 aliphatic heterocycles. The van der Waals surface area contributed by atoms with Gasteiger partial charge in [-0.15, -0.1) is 11.3 Å². The molecule has 2 aromatic rings. The Morgan fingerprint density at radius 2 is 2.10 bits per heavy atom. The highest BCUT2D eigenvalue weighted by Gasteiger charge is 2.16. The van der Waals surface area contributed by atoms with Crippen LogP contribution in [0.4, 0.5) is 11.4 Å². The molecule has 2 rings (SSSR count). The third-order valence-corrected chi connectivity index (χ3v) is 4.24. The average molecular weight is 306 g/mol.